The van der Waals surface area contributed by atoms with Crippen molar-refractivity contribution in [2.75, 3.05) is 36.5 Å². The van der Waals surface area contributed by atoms with Gasteiger partial charge < -0.3 is 15.1 Å². The number of fused-ring (bicyclic) bond motifs is 3. The molecule has 0 spiro atoms. The molecule has 4 rings (SSSR count). The van der Waals surface area contributed by atoms with Crippen LogP contribution in [0.15, 0.2) is 24.3 Å². The number of para-hydroxylation sites is 2. The second-order valence-corrected chi connectivity index (χ2v) is 6.40. The topological polar surface area (TPSA) is 18.5 Å². The van der Waals surface area contributed by atoms with Crippen LogP contribution in [0.3, 0.4) is 0 Å². The van der Waals surface area contributed by atoms with Gasteiger partial charge >= 0.3 is 0 Å². The van der Waals surface area contributed by atoms with Crippen LogP contribution in [0.2, 0.25) is 0 Å². The van der Waals surface area contributed by atoms with Gasteiger partial charge in [-0.15, -0.1) is 0 Å². The molecule has 3 aliphatic heterocycles. The highest BCUT2D eigenvalue weighted by Crippen LogP contribution is 2.37. The molecule has 2 saturated heterocycles. The lowest BCUT2D eigenvalue weighted by molar-refractivity contribution is 0.403. The van der Waals surface area contributed by atoms with E-state index in [1.165, 1.54) is 43.7 Å². The molecule has 0 aliphatic carbocycles. The molecule has 2 fully saturated rings. The summed E-state index contributed by atoms with van der Waals surface area (Å²) < 4.78 is 0. The number of rotatable bonds is 2. The molecule has 3 unspecified atom stereocenters. The van der Waals surface area contributed by atoms with E-state index in [4.69, 9.17) is 0 Å². The summed E-state index contributed by atoms with van der Waals surface area (Å²) in [6.07, 6.45) is 4.18. The van der Waals surface area contributed by atoms with Gasteiger partial charge in [-0.3, -0.25) is 0 Å². The van der Waals surface area contributed by atoms with Crippen molar-refractivity contribution in [3.05, 3.63) is 24.3 Å². The van der Waals surface area contributed by atoms with Gasteiger partial charge in [0.1, 0.15) is 0 Å². The summed E-state index contributed by atoms with van der Waals surface area (Å²) in [5.74, 6) is 0.857. The second kappa shape index (κ2) is 4.41. The van der Waals surface area contributed by atoms with Gasteiger partial charge in [0.15, 0.2) is 0 Å². The molecule has 3 atom stereocenters. The van der Waals surface area contributed by atoms with E-state index >= 15 is 0 Å². The van der Waals surface area contributed by atoms with Crippen molar-refractivity contribution in [2.24, 2.45) is 5.92 Å². The van der Waals surface area contributed by atoms with E-state index in [-0.39, 0.29) is 0 Å². The van der Waals surface area contributed by atoms with Crippen molar-refractivity contribution in [3.63, 3.8) is 0 Å². The summed E-state index contributed by atoms with van der Waals surface area (Å²) in [4.78, 5) is 4.99. The molecule has 3 heteroatoms. The van der Waals surface area contributed by atoms with Crippen molar-refractivity contribution in [1.82, 2.24) is 5.32 Å². The van der Waals surface area contributed by atoms with Gasteiger partial charge in [-0.1, -0.05) is 12.1 Å². The molecule has 0 radical (unpaired) electrons. The van der Waals surface area contributed by atoms with Gasteiger partial charge in [0.05, 0.1) is 11.4 Å². The monoisotopic (exact) mass is 257 g/mol. The third kappa shape index (κ3) is 1.91. The molecule has 19 heavy (non-hydrogen) atoms. The summed E-state index contributed by atoms with van der Waals surface area (Å²) in [7, 11) is 2.20. The zero-order chi connectivity index (χ0) is 12.8. The zero-order valence-electron chi connectivity index (χ0n) is 11.7. The molecule has 0 saturated carbocycles. The molecule has 3 heterocycles. The van der Waals surface area contributed by atoms with Gasteiger partial charge in [0.2, 0.25) is 0 Å². The average molecular weight is 257 g/mol. The predicted octanol–water partition coefficient (Wildman–Crippen LogP) is 2.08. The van der Waals surface area contributed by atoms with E-state index in [0.717, 1.165) is 24.5 Å². The molecule has 1 aromatic carbocycles. The minimum atomic E-state index is 0.789. The van der Waals surface area contributed by atoms with E-state index in [9.17, 15) is 0 Å². The Morgan fingerprint density at radius 3 is 2.74 bits per heavy atom. The minimum absolute atomic E-state index is 0.789. The maximum absolute atomic E-state index is 3.76. The Morgan fingerprint density at radius 1 is 1.16 bits per heavy atom. The van der Waals surface area contributed by atoms with E-state index in [0.29, 0.717) is 0 Å². The molecule has 1 N–H and O–H groups in total. The smallest absolute Gasteiger partial charge is 0.0604 e. The first-order chi connectivity index (χ1) is 9.31. The Bertz CT molecular complexity index is 473. The highest BCUT2D eigenvalue weighted by molar-refractivity contribution is 5.73. The number of benzene rings is 1. The Morgan fingerprint density at radius 2 is 2.00 bits per heavy atom. The lowest BCUT2D eigenvalue weighted by atomic mass is 9.88. The summed E-state index contributed by atoms with van der Waals surface area (Å²) >= 11 is 0. The van der Waals surface area contributed by atoms with E-state index < -0.39 is 0 Å². The molecule has 1 aromatic rings. The lowest BCUT2D eigenvalue weighted by Crippen LogP contribution is -2.43. The molecule has 0 aromatic heterocycles. The van der Waals surface area contributed by atoms with Gasteiger partial charge in [0, 0.05) is 38.8 Å². The third-order valence-corrected chi connectivity index (χ3v) is 5.23. The zero-order valence-corrected chi connectivity index (χ0v) is 11.7. The molecular formula is C16H23N3. The van der Waals surface area contributed by atoms with E-state index in [1.807, 2.05) is 0 Å². The minimum Gasteiger partial charge on any atom is -0.371 e. The standard InChI is InChI=1S/C16H23N3/c1-18-8-9-19(16-5-3-2-4-15(16)18)11-12-10-13-6-7-14(12)17-13/h2-5,12-14,17H,6-11H2,1H3. The molecule has 2 bridgehead atoms. The lowest BCUT2D eigenvalue weighted by Gasteiger charge is -2.39. The number of hydrogen-bond donors (Lipinski definition) is 1. The summed E-state index contributed by atoms with van der Waals surface area (Å²) in [6.45, 7) is 3.55. The first-order valence-electron chi connectivity index (χ1n) is 7.62. The molecule has 3 nitrogen and oxygen atoms in total. The van der Waals surface area contributed by atoms with Crippen molar-refractivity contribution in [3.8, 4) is 0 Å². The van der Waals surface area contributed by atoms with Gasteiger partial charge in [-0.2, -0.15) is 0 Å². The first-order valence-corrected chi connectivity index (χ1v) is 7.62. The van der Waals surface area contributed by atoms with Crippen LogP contribution in [0.5, 0.6) is 0 Å². The van der Waals surface area contributed by atoms with Gasteiger partial charge in [-0.25, -0.2) is 0 Å². The van der Waals surface area contributed by atoms with E-state index in [1.54, 1.807) is 0 Å². The largest absolute Gasteiger partial charge is 0.371 e. The molecule has 0 amide bonds. The van der Waals surface area contributed by atoms with Crippen LogP contribution in [-0.2, 0) is 0 Å². The number of nitrogens with one attached hydrogen (secondary N) is 1. The fourth-order valence-electron chi connectivity index (χ4n) is 4.18. The first kappa shape index (κ1) is 11.6. The quantitative estimate of drug-likeness (QED) is 0.875. The van der Waals surface area contributed by atoms with Crippen molar-refractivity contribution >= 4 is 11.4 Å². The summed E-state index contributed by atoms with van der Waals surface area (Å²) in [5, 5.41) is 3.76. The number of likely N-dealkylation sites (N-methyl/N-ethyl adjacent to an activating group) is 1. The SMILES string of the molecule is CN1CCN(CC2CC3CCC2N3)c2ccccc21. The van der Waals surface area contributed by atoms with Crippen LogP contribution in [0.4, 0.5) is 11.4 Å². The fraction of sp³-hybridized carbons (Fsp3) is 0.625. The highest BCUT2D eigenvalue weighted by atomic mass is 15.3. The summed E-state index contributed by atoms with van der Waals surface area (Å²) in [6, 6.07) is 10.5. The van der Waals surface area contributed by atoms with Crippen LogP contribution in [0, 0.1) is 5.92 Å². The third-order valence-electron chi connectivity index (χ3n) is 5.23. The Labute approximate surface area is 115 Å². The van der Waals surface area contributed by atoms with Crippen molar-refractivity contribution < 1.29 is 0 Å². The number of nitrogens with zero attached hydrogens (tertiary/aromatic N) is 2. The second-order valence-electron chi connectivity index (χ2n) is 6.40. The van der Waals surface area contributed by atoms with Crippen LogP contribution < -0.4 is 15.1 Å². The van der Waals surface area contributed by atoms with Gasteiger partial charge in [-0.05, 0) is 37.3 Å². The maximum Gasteiger partial charge on any atom is 0.0604 e. The highest BCUT2D eigenvalue weighted by Gasteiger charge is 2.40. The van der Waals surface area contributed by atoms with Crippen LogP contribution >= 0.6 is 0 Å². The van der Waals surface area contributed by atoms with Crippen LogP contribution in [0.25, 0.3) is 0 Å². The maximum atomic E-state index is 3.76. The normalized spacial score (nSPS) is 32.8. The molecule has 102 valence electrons. The Hall–Kier alpha value is -1.22. The van der Waals surface area contributed by atoms with E-state index in [2.05, 4.69) is 46.4 Å². The average Bonchev–Trinajstić information content (AvgIpc) is 3.05. The molecular weight excluding hydrogens is 234 g/mol. The van der Waals surface area contributed by atoms with Crippen molar-refractivity contribution in [2.45, 2.75) is 31.3 Å². The van der Waals surface area contributed by atoms with Crippen molar-refractivity contribution in [1.29, 1.82) is 0 Å². The Kier molecular flexibility index (Phi) is 2.69. The number of hydrogen-bond acceptors (Lipinski definition) is 3. The van der Waals surface area contributed by atoms with Crippen LogP contribution in [0.1, 0.15) is 19.3 Å². The van der Waals surface area contributed by atoms with Crippen LogP contribution in [-0.4, -0.2) is 38.8 Å². The Balaban J connectivity index is 1.55. The molecule has 3 aliphatic rings. The number of anilines is 2. The van der Waals surface area contributed by atoms with Gasteiger partial charge in [0.25, 0.3) is 0 Å². The predicted molar refractivity (Wildman–Crippen MR) is 80.0 cm³/mol. The summed E-state index contributed by atoms with van der Waals surface area (Å²) in [5.41, 5.74) is 2.82. The fourth-order valence-corrected chi connectivity index (χ4v) is 4.18.